The Kier molecular flexibility index (Phi) is 5.53. The van der Waals surface area contributed by atoms with E-state index in [0.29, 0.717) is 11.8 Å². The van der Waals surface area contributed by atoms with Crippen molar-refractivity contribution in [3.8, 4) is 11.5 Å². The SMILES string of the molecule is CCC(CC)N1CCC(Cc2noc(-c3ccc4ccccc4c3)n2)CC1. The third-order valence-corrected chi connectivity index (χ3v) is 6.04. The molecule has 0 unspecified atom stereocenters. The van der Waals surface area contributed by atoms with Gasteiger partial charge in [0.1, 0.15) is 0 Å². The van der Waals surface area contributed by atoms with E-state index >= 15 is 0 Å². The Hall–Kier alpha value is -2.20. The van der Waals surface area contributed by atoms with Gasteiger partial charge < -0.3 is 9.42 Å². The van der Waals surface area contributed by atoms with Crippen molar-refractivity contribution < 1.29 is 4.52 Å². The molecule has 4 rings (SSSR count). The van der Waals surface area contributed by atoms with Crippen LogP contribution >= 0.6 is 0 Å². The summed E-state index contributed by atoms with van der Waals surface area (Å²) in [7, 11) is 0. The van der Waals surface area contributed by atoms with Crippen molar-refractivity contribution in [3.05, 3.63) is 48.3 Å². The third kappa shape index (κ3) is 4.06. The van der Waals surface area contributed by atoms with Gasteiger partial charge in [-0.2, -0.15) is 4.98 Å². The van der Waals surface area contributed by atoms with Crippen molar-refractivity contribution in [2.45, 2.75) is 52.0 Å². The van der Waals surface area contributed by atoms with Crippen molar-refractivity contribution in [1.82, 2.24) is 15.0 Å². The average Bonchev–Trinajstić information content (AvgIpc) is 3.18. The van der Waals surface area contributed by atoms with Gasteiger partial charge in [0.05, 0.1) is 0 Å². The first-order valence-corrected chi connectivity index (χ1v) is 10.3. The van der Waals surface area contributed by atoms with Crippen LogP contribution < -0.4 is 0 Å². The number of fused-ring (bicyclic) bond motifs is 1. The lowest BCUT2D eigenvalue weighted by molar-refractivity contribution is 0.125. The van der Waals surface area contributed by atoms with Crippen molar-refractivity contribution in [1.29, 1.82) is 0 Å². The fraction of sp³-hybridized carbons (Fsp3) is 0.478. The first kappa shape index (κ1) is 18.2. The molecule has 2 aromatic carbocycles. The van der Waals surface area contributed by atoms with Gasteiger partial charge in [-0.1, -0.05) is 49.3 Å². The summed E-state index contributed by atoms with van der Waals surface area (Å²) in [5.74, 6) is 2.14. The zero-order valence-corrected chi connectivity index (χ0v) is 16.4. The van der Waals surface area contributed by atoms with Crippen molar-refractivity contribution in [2.75, 3.05) is 13.1 Å². The Labute approximate surface area is 161 Å². The Bertz CT molecular complexity index is 876. The molecule has 1 aliphatic rings. The molecule has 27 heavy (non-hydrogen) atoms. The Morgan fingerprint density at radius 3 is 2.52 bits per heavy atom. The minimum atomic E-state index is 0.630. The number of benzene rings is 2. The van der Waals surface area contributed by atoms with Crippen LogP contribution in [0.25, 0.3) is 22.2 Å². The van der Waals surface area contributed by atoms with Crippen molar-refractivity contribution >= 4 is 10.8 Å². The van der Waals surface area contributed by atoms with Gasteiger partial charge in [-0.15, -0.1) is 0 Å². The lowest BCUT2D eigenvalue weighted by atomic mass is 9.92. The number of likely N-dealkylation sites (tertiary alicyclic amines) is 1. The van der Waals surface area contributed by atoms with Gasteiger partial charge in [-0.05, 0) is 67.6 Å². The molecule has 142 valence electrons. The molecule has 1 saturated heterocycles. The van der Waals surface area contributed by atoms with Crippen LogP contribution in [0.1, 0.15) is 45.4 Å². The molecule has 0 radical (unpaired) electrons. The highest BCUT2D eigenvalue weighted by Gasteiger charge is 2.24. The summed E-state index contributed by atoms with van der Waals surface area (Å²) >= 11 is 0. The van der Waals surface area contributed by atoms with Gasteiger partial charge in [0.15, 0.2) is 5.82 Å². The summed E-state index contributed by atoms with van der Waals surface area (Å²) in [6, 6.07) is 15.4. The second-order valence-corrected chi connectivity index (χ2v) is 7.73. The smallest absolute Gasteiger partial charge is 0.257 e. The monoisotopic (exact) mass is 363 g/mol. The second kappa shape index (κ2) is 8.22. The Balaban J connectivity index is 1.40. The topological polar surface area (TPSA) is 42.2 Å². The van der Waals surface area contributed by atoms with E-state index < -0.39 is 0 Å². The minimum absolute atomic E-state index is 0.630. The van der Waals surface area contributed by atoms with E-state index in [2.05, 4.69) is 71.4 Å². The number of rotatable bonds is 6. The standard InChI is InChI=1S/C23H29N3O/c1-3-21(4-2)26-13-11-17(12-14-26)15-22-24-23(27-25-22)20-10-9-18-7-5-6-8-19(18)16-20/h5-10,16-17,21H,3-4,11-15H2,1-2H3. The summed E-state index contributed by atoms with van der Waals surface area (Å²) in [6.45, 7) is 7.00. The van der Waals surface area contributed by atoms with Crippen LogP contribution in [0, 0.1) is 5.92 Å². The number of piperidine rings is 1. The predicted molar refractivity (Wildman–Crippen MR) is 110 cm³/mol. The number of aromatic nitrogens is 2. The van der Waals surface area contributed by atoms with Crippen LogP contribution in [-0.2, 0) is 6.42 Å². The maximum absolute atomic E-state index is 5.56. The van der Waals surface area contributed by atoms with Gasteiger partial charge in [0, 0.05) is 18.0 Å². The van der Waals surface area contributed by atoms with Gasteiger partial charge in [0.25, 0.3) is 5.89 Å². The van der Waals surface area contributed by atoms with Crippen molar-refractivity contribution in [3.63, 3.8) is 0 Å². The molecule has 0 bridgehead atoms. The number of hydrogen-bond acceptors (Lipinski definition) is 4. The van der Waals surface area contributed by atoms with Crippen LogP contribution in [-0.4, -0.2) is 34.2 Å². The molecule has 1 aromatic heterocycles. The van der Waals surface area contributed by atoms with E-state index in [1.54, 1.807) is 0 Å². The summed E-state index contributed by atoms with van der Waals surface area (Å²) < 4.78 is 5.56. The fourth-order valence-electron chi connectivity index (χ4n) is 4.36. The van der Waals surface area contributed by atoms with E-state index in [9.17, 15) is 0 Å². The van der Waals surface area contributed by atoms with Crippen LogP contribution in [0.3, 0.4) is 0 Å². The van der Waals surface area contributed by atoms with E-state index in [-0.39, 0.29) is 0 Å². The molecule has 4 nitrogen and oxygen atoms in total. The zero-order valence-electron chi connectivity index (χ0n) is 16.4. The number of hydrogen-bond donors (Lipinski definition) is 0. The van der Waals surface area contributed by atoms with Gasteiger partial charge in [-0.3, -0.25) is 0 Å². The summed E-state index contributed by atoms with van der Waals surface area (Å²) in [5.41, 5.74) is 0.996. The van der Waals surface area contributed by atoms with Gasteiger partial charge in [0.2, 0.25) is 0 Å². The summed E-state index contributed by atoms with van der Waals surface area (Å²) in [4.78, 5) is 7.34. The molecule has 0 atom stereocenters. The summed E-state index contributed by atoms with van der Waals surface area (Å²) in [5, 5.41) is 6.68. The van der Waals surface area contributed by atoms with Crippen molar-refractivity contribution in [2.24, 2.45) is 5.92 Å². The van der Waals surface area contributed by atoms with E-state index in [0.717, 1.165) is 23.9 Å². The molecular formula is C23H29N3O. The Morgan fingerprint density at radius 1 is 1.04 bits per heavy atom. The van der Waals surface area contributed by atoms with Crippen LogP contribution in [0.2, 0.25) is 0 Å². The zero-order chi connectivity index (χ0) is 18.6. The average molecular weight is 364 g/mol. The molecule has 3 aromatic rings. The minimum Gasteiger partial charge on any atom is -0.334 e. The molecule has 2 heterocycles. The number of nitrogens with zero attached hydrogens (tertiary/aromatic N) is 3. The maximum atomic E-state index is 5.56. The molecule has 0 spiro atoms. The highest BCUT2D eigenvalue weighted by Crippen LogP contribution is 2.26. The quantitative estimate of drug-likeness (QED) is 0.593. The molecule has 0 aliphatic carbocycles. The van der Waals surface area contributed by atoms with E-state index in [1.807, 2.05) is 0 Å². The Morgan fingerprint density at radius 2 is 1.78 bits per heavy atom. The predicted octanol–water partition coefficient (Wildman–Crippen LogP) is 5.33. The van der Waals surface area contributed by atoms with Gasteiger partial charge >= 0.3 is 0 Å². The molecule has 0 N–H and O–H groups in total. The fourth-order valence-corrected chi connectivity index (χ4v) is 4.36. The third-order valence-electron chi connectivity index (χ3n) is 6.04. The van der Waals surface area contributed by atoms with Crippen LogP contribution in [0.15, 0.2) is 47.0 Å². The van der Waals surface area contributed by atoms with Gasteiger partial charge in [-0.25, -0.2) is 0 Å². The molecular weight excluding hydrogens is 334 g/mol. The van der Waals surface area contributed by atoms with E-state index in [4.69, 9.17) is 4.52 Å². The lowest BCUT2D eigenvalue weighted by Gasteiger charge is -2.36. The highest BCUT2D eigenvalue weighted by molar-refractivity contribution is 5.86. The first-order chi connectivity index (χ1) is 13.3. The molecule has 1 aliphatic heterocycles. The molecule has 4 heteroatoms. The second-order valence-electron chi connectivity index (χ2n) is 7.73. The molecule has 0 amide bonds. The lowest BCUT2D eigenvalue weighted by Crippen LogP contribution is -2.41. The maximum Gasteiger partial charge on any atom is 0.257 e. The van der Waals surface area contributed by atoms with E-state index in [1.165, 1.54) is 49.5 Å². The van der Waals surface area contributed by atoms with Crippen LogP contribution in [0.4, 0.5) is 0 Å². The van der Waals surface area contributed by atoms with Crippen LogP contribution in [0.5, 0.6) is 0 Å². The molecule has 0 saturated carbocycles. The normalized spacial score (nSPS) is 16.4. The summed E-state index contributed by atoms with van der Waals surface area (Å²) in [6.07, 6.45) is 5.89. The first-order valence-electron chi connectivity index (χ1n) is 10.3. The largest absolute Gasteiger partial charge is 0.334 e. The molecule has 1 fully saturated rings. The highest BCUT2D eigenvalue weighted by atomic mass is 16.5.